The molecule has 0 fully saturated rings. The van der Waals surface area contributed by atoms with Crippen molar-refractivity contribution < 1.29 is 24.3 Å². The number of unbranched alkanes of at least 4 members (excludes halogenated alkanes) is 1. The van der Waals surface area contributed by atoms with Crippen molar-refractivity contribution in [2.24, 2.45) is 7.05 Å². The third kappa shape index (κ3) is 9.21. The van der Waals surface area contributed by atoms with Gasteiger partial charge in [-0.3, -0.25) is 19.6 Å². The summed E-state index contributed by atoms with van der Waals surface area (Å²) in [4.78, 5) is 36.9. The van der Waals surface area contributed by atoms with Crippen molar-refractivity contribution in [3.63, 3.8) is 0 Å². The van der Waals surface area contributed by atoms with Crippen LogP contribution in [0, 0.1) is 11.8 Å². The lowest BCUT2D eigenvalue weighted by atomic mass is 10.2. The highest BCUT2D eigenvalue weighted by atomic mass is 32.2. The van der Waals surface area contributed by atoms with Gasteiger partial charge in [0.2, 0.25) is 5.91 Å². The maximum atomic E-state index is 12.1. The summed E-state index contributed by atoms with van der Waals surface area (Å²) in [5, 5.41) is 13.9. The Balaban J connectivity index is 1.70. The molecule has 10 heteroatoms. The van der Waals surface area contributed by atoms with Gasteiger partial charge in [0, 0.05) is 24.7 Å². The minimum Gasteiger partial charge on any atom is -0.481 e. The number of aryl methyl sites for hydroxylation is 1. The van der Waals surface area contributed by atoms with E-state index in [2.05, 4.69) is 22.5 Å². The molecule has 2 rings (SSSR count). The fraction of sp³-hybridized carbons (Fsp3) is 0.375. The Morgan fingerprint density at radius 2 is 1.91 bits per heavy atom. The van der Waals surface area contributed by atoms with Gasteiger partial charge in [0.05, 0.1) is 11.8 Å². The Labute approximate surface area is 203 Å². The normalized spacial score (nSPS) is 11.0. The minimum absolute atomic E-state index is 0.111. The molecule has 1 atom stereocenters. The highest BCUT2D eigenvalue weighted by Crippen LogP contribution is 2.28. The zero-order valence-electron chi connectivity index (χ0n) is 19.3. The second-order valence-electron chi connectivity index (χ2n) is 7.30. The number of hydroxylamine groups is 1. The maximum Gasteiger partial charge on any atom is 0.268 e. The molecule has 1 unspecified atom stereocenters. The molecule has 3 amide bonds. The summed E-state index contributed by atoms with van der Waals surface area (Å²) < 4.78 is 7.16. The molecule has 1 aromatic carbocycles. The largest absolute Gasteiger partial charge is 0.481 e. The summed E-state index contributed by atoms with van der Waals surface area (Å²) in [6.45, 7) is 2.37. The molecule has 0 spiro atoms. The smallest absolute Gasteiger partial charge is 0.268 e. The molecule has 1 heterocycles. The highest BCUT2D eigenvalue weighted by molar-refractivity contribution is 8.00. The summed E-state index contributed by atoms with van der Waals surface area (Å²) in [5.41, 5.74) is 2.20. The maximum absolute atomic E-state index is 12.1. The molecular formula is C24H30N4O5S. The number of carbonyl (C=O) groups excluding carboxylic acids is 3. The van der Waals surface area contributed by atoms with Crippen molar-refractivity contribution in [1.82, 2.24) is 20.7 Å². The number of amides is 3. The lowest BCUT2D eigenvalue weighted by Gasteiger charge is -2.15. The van der Waals surface area contributed by atoms with E-state index in [-0.39, 0.29) is 18.4 Å². The molecule has 2 aromatic rings. The van der Waals surface area contributed by atoms with Gasteiger partial charge in [-0.25, -0.2) is 5.48 Å². The number of nitrogens with zero attached hydrogens (tertiary/aromatic N) is 1. The molecule has 0 radical (unpaired) electrons. The van der Waals surface area contributed by atoms with Crippen LogP contribution in [-0.4, -0.2) is 52.4 Å². The molecule has 0 aliphatic heterocycles. The van der Waals surface area contributed by atoms with Gasteiger partial charge in [0.15, 0.2) is 0 Å². The van der Waals surface area contributed by atoms with Crippen molar-refractivity contribution in [3.05, 3.63) is 48.3 Å². The van der Waals surface area contributed by atoms with E-state index < -0.39 is 11.2 Å². The van der Waals surface area contributed by atoms with Crippen LogP contribution in [0.15, 0.2) is 47.5 Å². The molecule has 1 aromatic heterocycles. The molecule has 0 saturated carbocycles. The molecule has 0 aliphatic rings. The van der Waals surface area contributed by atoms with Crippen LogP contribution in [0.4, 0.5) is 0 Å². The molecule has 0 aliphatic carbocycles. The van der Waals surface area contributed by atoms with Crippen molar-refractivity contribution in [2.45, 2.75) is 36.3 Å². The van der Waals surface area contributed by atoms with Gasteiger partial charge in [-0.05, 0) is 56.2 Å². The number of nitrogens with one attached hydrogen (secondary N) is 3. The summed E-state index contributed by atoms with van der Waals surface area (Å²) in [5.74, 6) is 5.19. The molecule has 182 valence electrons. The Morgan fingerprint density at radius 1 is 1.15 bits per heavy atom. The lowest BCUT2D eigenvalue weighted by molar-refractivity contribution is -0.128. The van der Waals surface area contributed by atoms with Crippen LogP contribution in [0.2, 0.25) is 0 Å². The molecule has 4 N–H and O–H groups in total. The van der Waals surface area contributed by atoms with E-state index in [0.717, 1.165) is 4.90 Å². The number of aromatic nitrogens is 1. The number of thioether (sulfide) groups is 1. The van der Waals surface area contributed by atoms with Crippen LogP contribution >= 0.6 is 11.8 Å². The number of carbonyl (C=O) groups is 3. The number of ether oxygens (including phenoxy) is 1. The number of hydrogen-bond acceptors (Lipinski definition) is 6. The zero-order chi connectivity index (χ0) is 24.8. The fourth-order valence-corrected chi connectivity index (χ4v) is 4.05. The summed E-state index contributed by atoms with van der Waals surface area (Å²) >= 11 is 1.34. The van der Waals surface area contributed by atoms with Gasteiger partial charge in [0.1, 0.15) is 18.1 Å². The van der Waals surface area contributed by atoms with Crippen LogP contribution in [0.25, 0.3) is 0 Å². The van der Waals surface area contributed by atoms with E-state index in [1.807, 2.05) is 12.1 Å². The second kappa shape index (κ2) is 14.7. The Kier molecular flexibility index (Phi) is 11.6. The van der Waals surface area contributed by atoms with Crippen LogP contribution in [-0.2, 0) is 16.6 Å². The molecular weight excluding hydrogens is 456 g/mol. The van der Waals surface area contributed by atoms with Gasteiger partial charge < -0.3 is 19.9 Å². The van der Waals surface area contributed by atoms with E-state index in [4.69, 9.17) is 9.94 Å². The summed E-state index contributed by atoms with van der Waals surface area (Å²) in [7, 11) is 1.76. The lowest BCUT2D eigenvalue weighted by Crippen LogP contribution is -2.37. The number of hydrogen-bond donors (Lipinski definition) is 4. The monoisotopic (exact) mass is 486 g/mol. The SMILES string of the molecule is CC#CCOc1ccc(SC(CCCCNC(=O)CNC(=O)c2cccn2C)C(=O)NO)cc1. The van der Waals surface area contributed by atoms with Gasteiger partial charge in [-0.1, -0.05) is 12.3 Å². The molecule has 0 saturated heterocycles. The van der Waals surface area contributed by atoms with Crippen molar-refractivity contribution in [1.29, 1.82) is 0 Å². The zero-order valence-corrected chi connectivity index (χ0v) is 20.1. The fourth-order valence-electron chi connectivity index (χ4n) is 2.98. The average molecular weight is 487 g/mol. The van der Waals surface area contributed by atoms with Crippen LogP contribution < -0.4 is 20.9 Å². The molecule has 0 bridgehead atoms. The standard InChI is InChI=1S/C24H30N4O5S/c1-3-4-16-33-18-10-12-19(13-11-18)34-21(24(31)27-32)9-5-6-14-25-22(29)17-26-23(30)20-8-7-15-28(20)2/h7-8,10-13,15,21,32H,5-6,9,14,16-17H2,1-2H3,(H,25,29)(H,26,30)(H,27,31). The van der Waals surface area contributed by atoms with E-state index in [1.165, 1.54) is 11.8 Å². The number of benzene rings is 1. The topological polar surface area (TPSA) is 122 Å². The third-order valence-corrected chi connectivity index (χ3v) is 6.07. The van der Waals surface area contributed by atoms with E-state index in [0.29, 0.717) is 43.9 Å². The van der Waals surface area contributed by atoms with E-state index in [9.17, 15) is 14.4 Å². The van der Waals surface area contributed by atoms with Crippen LogP contribution in [0.5, 0.6) is 5.75 Å². The Hall–Kier alpha value is -3.42. The first-order valence-corrected chi connectivity index (χ1v) is 11.7. The van der Waals surface area contributed by atoms with E-state index >= 15 is 0 Å². The van der Waals surface area contributed by atoms with Crippen molar-refractivity contribution >= 4 is 29.5 Å². The molecule has 9 nitrogen and oxygen atoms in total. The first-order chi connectivity index (χ1) is 16.4. The third-order valence-electron chi connectivity index (χ3n) is 4.79. The Bertz CT molecular complexity index is 1010. The van der Waals surface area contributed by atoms with Gasteiger partial charge in [-0.15, -0.1) is 17.7 Å². The average Bonchev–Trinajstić information content (AvgIpc) is 3.28. The van der Waals surface area contributed by atoms with Crippen molar-refractivity contribution in [2.75, 3.05) is 19.7 Å². The Morgan fingerprint density at radius 3 is 2.56 bits per heavy atom. The van der Waals surface area contributed by atoms with Crippen molar-refractivity contribution in [3.8, 4) is 17.6 Å². The first kappa shape index (κ1) is 26.8. The van der Waals surface area contributed by atoms with Gasteiger partial charge >= 0.3 is 0 Å². The van der Waals surface area contributed by atoms with Crippen LogP contribution in [0.3, 0.4) is 0 Å². The predicted molar refractivity (Wildman–Crippen MR) is 130 cm³/mol. The predicted octanol–water partition coefficient (Wildman–Crippen LogP) is 2.11. The van der Waals surface area contributed by atoms with Gasteiger partial charge in [0.25, 0.3) is 11.8 Å². The van der Waals surface area contributed by atoms with E-state index in [1.54, 1.807) is 54.5 Å². The quantitative estimate of drug-likeness (QED) is 0.113. The second-order valence-corrected chi connectivity index (χ2v) is 8.58. The number of rotatable bonds is 13. The van der Waals surface area contributed by atoms with Gasteiger partial charge in [-0.2, -0.15) is 0 Å². The summed E-state index contributed by atoms with van der Waals surface area (Å²) in [6, 6.07) is 10.7. The molecule has 34 heavy (non-hydrogen) atoms. The minimum atomic E-state index is -0.483. The first-order valence-electron chi connectivity index (χ1n) is 10.8. The summed E-state index contributed by atoms with van der Waals surface area (Å²) in [6.07, 6.45) is 3.59. The van der Waals surface area contributed by atoms with Crippen LogP contribution in [0.1, 0.15) is 36.7 Å². The highest BCUT2D eigenvalue weighted by Gasteiger charge is 2.19.